The van der Waals surface area contributed by atoms with Crippen molar-refractivity contribution in [2.24, 2.45) is 41.4 Å². The van der Waals surface area contributed by atoms with Crippen LogP contribution in [0.4, 0.5) is 0 Å². The minimum atomic E-state index is -0.690. The van der Waals surface area contributed by atoms with Crippen molar-refractivity contribution in [2.45, 2.75) is 19.3 Å². The molecule has 3 fully saturated rings. The summed E-state index contributed by atoms with van der Waals surface area (Å²) in [6.45, 7) is -0.334. The fraction of sp³-hybridized carbons (Fsp3) is 0.786. The van der Waals surface area contributed by atoms with E-state index in [0.717, 1.165) is 24.7 Å². The minimum Gasteiger partial charge on any atom is -0.439 e. The predicted molar refractivity (Wildman–Crippen MR) is 68.5 cm³/mol. The van der Waals surface area contributed by atoms with Crippen LogP contribution in [0, 0.1) is 51.5 Å². The number of carbonyl (C=O) groups is 1. The second-order valence-electron chi connectivity index (χ2n) is 6.63. The van der Waals surface area contributed by atoms with E-state index in [0.29, 0.717) is 23.7 Å². The Labute approximate surface area is 116 Å². The van der Waals surface area contributed by atoms with E-state index in [2.05, 4.69) is 12.2 Å². The maximum absolute atomic E-state index is 12.1. The average Bonchev–Trinajstić information content (AvgIpc) is 3.15. The number of esters is 1. The molecule has 20 heavy (non-hydrogen) atoms. The van der Waals surface area contributed by atoms with E-state index < -0.39 is 5.03 Å². The number of ether oxygens (including phenoxy) is 1. The SMILES string of the molecule is O=C(OCN[N+](=O)[O-])C1CC2CC1C1C3C=CC(C3)C21. The van der Waals surface area contributed by atoms with E-state index >= 15 is 0 Å². The van der Waals surface area contributed by atoms with Crippen molar-refractivity contribution in [1.82, 2.24) is 5.43 Å². The molecule has 0 aromatic carbocycles. The molecule has 7 atom stereocenters. The number of fused-ring (bicyclic) bond motifs is 9. The molecule has 0 amide bonds. The van der Waals surface area contributed by atoms with Crippen LogP contribution in [-0.4, -0.2) is 17.7 Å². The molecular weight excluding hydrogens is 260 g/mol. The van der Waals surface area contributed by atoms with Crippen LogP contribution >= 0.6 is 0 Å². The summed E-state index contributed by atoms with van der Waals surface area (Å²) in [6, 6.07) is 0. The highest BCUT2D eigenvalue weighted by atomic mass is 16.7. The molecule has 4 rings (SSSR count). The number of hydrazine groups is 1. The first-order valence-electron chi connectivity index (χ1n) is 7.38. The van der Waals surface area contributed by atoms with E-state index in [4.69, 9.17) is 4.74 Å². The van der Waals surface area contributed by atoms with Gasteiger partial charge in [0.2, 0.25) is 6.73 Å². The van der Waals surface area contributed by atoms with Gasteiger partial charge >= 0.3 is 5.97 Å². The molecule has 108 valence electrons. The highest BCUT2D eigenvalue weighted by Gasteiger charge is 2.62. The smallest absolute Gasteiger partial charge is 0.311 e. The lowest BCUT2D eigenvalue weighted by Crippen LogP contribution is -2.36. The third-order valence-electron chi connectivity index (χ3n) is 5.98. The van der Waals surface area contributed by atoms with Gasteiger partial charge in [0.05, 0.1) is 5.92 Å². The summed E-state index contributed by atoms with van der Waals surface area (Å²) < 4.78 is 5.01. The Morgan fingerprint density at radius 1 is 1.25 bits per heavy atom. The molecule has 4 aliphatic rings. The summed E-state index contributed by atoms with van der Waals surface area (Å²) in [5, 5.41) is 9.47. The van der Waals surface area contributed by atoms with Gasteiger partial charge < -0.3 is 4.74 Å². The number of carbonyl (C=O) groups excluding carboxylic acids is 1. The Hall–Kier alpha value is -1.59. The van der Waals surface area contributed by atoms with Gasteiger partial charge in [-0.1, -0.05) is 12.2 Å². The molecule has 0 aliphatic heterocycles. The molecule has 1 N–H and O–H groups in total. The summed E-state index contributed by atoms with van der Waals surface area (Å²) in [4.78, 5) is 22.3. The van der Waals surface area contributed by atoms with E-state index in [1.54, 1.807) is 0 Å². The molecule has 0 aromatic heterocycles. The molecular formula is C14H18N2O4. The third-order valence-corrected chi connectivity index (χ3v) is 5.98. The van der Waals surface area contributed by atoms with Crippen molar-refractivity contribution in [3.8, 4) is 0 Å². The number of nitrogens with zero attached hydrogens (tertiary/aromatic N) is 1. The fourth-order valence-electron chi connectivity index (χ4n) is 5.55. The van der Waals surface area contributed by atoms with Crippen molar-refractivity contribution in [3.05, 3.63) is 22.3 Å². The quantitative estimate of drug-likeness (QED) is 0.210. The Morgan fingerprint density at radius 2 is 2.00 bits per heavy atom. The van der Waals surface area contributed by atoms with Crippen LogP contribution in [-0.2, 0) is 9.53 Å². The number of hydrogen-bond acceptors (Lipinski definition) is 4. The number of hydrogen-bond donors (Lipinski definition) is 1. The van der Waals surface area contributed by atoms with E-state index in [1.165, 1.54) is 6.42 Å². The molecule has 0 aromatic rings. The molecule has 0 spiro atoms. The van der Waals surface area contributed by atoms with Gasteiger partial charge in [-0.2, -0.15) is 0 Å². The second kappa shape index (κ2) is 4.20. The Morgan fingerprint density at radius 3 is 2.75 bits per heavy atom. The molecule has 7 unspecified atom stereocenters. The van der Waals surface area contributed by atoms with Crippen LogP contribution in [0.25, 0.3) is 0 Å². The lowest BCUT2D eigenvalue weighted by Gasteiger charge is -2.35. The third kappa shape index (κ3) is 1.60. The number of rotatable bonds is 4. The lowest BCUT2D eigenvalue weighted by atomic mass is 9.69. The first-order valence-corrected chi connectivity index (χ1v) is 7.38. The molecule has 6 heteroatoms. The molecule has 6 nitrogen and oxygen atoms in total. The summed E-state index contributed by atoms with van der Waals surface area (Å²) in [5.74, 6) is 3.65. The topological polar surface area (TPSA) is 81.5 Å². The maximum atomic E-state index is 12.1. The Kier molecular flexibility index (Phi) is 2.56. The van der Waals surface area contributed by atoms with Crippen molar-refractivity contribution in [3.63, 3.8) is 0 Å². The summed E-state index contributed by atoms with van der Waals surface area (Å²) in [5.41, 5.74) is 1.89. The number of nitro groups is 1. The Bertz CT molecular complexity index is 492. The Balaban J connectivity index is 1.41. The normalized spacial score (nSPS) is 46.5. The number of allylic oxidation sites excluding steroid dienone is 2. The van der Waals surface area contributed by atoms with Gasteiger partial charge in [-0.05, 0) is 54.8 Å². The van der Waals surface area contributed by atoms with E-state index in [1.807, 2.05) is 5.43 Å². The van der Waals surface area contributed by atoms with Crippen molar-refractivity contribution in [2.75, 3.05) is 6.73 Å². The van der Waals surface area contributed by atoms with Gasteiger partial charge in [0, 0.05) is 0 Å². The van der Waals surface area contributed by atoms with Crippen LogP contribution in [0.2, 0.25) is 0 Å². The van der Waals surface area contributed by atoms with Crippen LogP contribution < -0.4 is 5.43 Å². The van der Waals surface area contributed by atoms with Crippen LogP contribution in [0.1, 0.15) is 19.3 Å². The van der Waals surface area contributed by atoms with Gasteiger partial charge in [0.15, 0.2) is 5.03 Å². The molecule has 3 saturated carbocycles. The van der Waals surface area contributed by atoms with Gasteiger partial charge in [-0.25, -0.2) is 10.1 Å². The summed E-state index contributed by atoms with van der Waals surface area (Å²) in [7, 11) is 0. The van der Waals surface area contributed by atoms with Gasteiger partial charge in [-0.15, -0.1) is 5.43 Å². The molecule has 0 radical (unpaired) electrons. The summed E-state index contributed by atoms with van der Waals surface area (Å²) >= 11 is 0. The highest BCUT2D eigenvalue weighted by Crippen LogP contribution is 2.67. The standard InChI is InChI=1S/C14H18N2O4/c17-14(20-6-15-16(18)19)11-5-9-4-10(11)13-8-2-1-7(3-8)12(9)13/h1-2,7-13,15H,3-6H2. The van der Waals surface area contributed by atoms with Crippen LogP contribution in [0.3, 0.4) is 0 Å². The van der Waals surface area contributed by atoms with E-state index in [-0.39, 0.29) is 18.6 Å². The second-order valence-corrected chi connectivity index (χ2v) is 6.63. The van der Waals surface area contributed by atoms with Crippen molar-refractivity contribution >= 4 is 5.97 Å². The van der Waals surface area contributed by atoms with Crippen molar-refractivity contribution < 1.29 is 14.6 Å². The van der Waals surface area contributed by atoms with E-state index in [9.17, 15) is 14.9 Å². The number of nitrogens with one attached hydrogen (secondary N) is 1. The largest absolute Gasteiger partial charge is 0.439 e. The molecule has 0 heterocycles. The zero-order chi connectivity index (χ0) is 13.9. The zero-order valence-electron chi connectivity index (χ0n) is 11.1. The first-order chi connectivity index (χ1) is 9.65. The maximum Gasteiger partial charge on any atom is 0.311 e. The molecule has 4 aliphatic carbocycles. The van der Waals surface area contributed by atoms with Crippen LogP contribution in [0.15, 0.2) is 12.2 Å². The van der Waals surface area contributed by atoms with Crippen LogP contribution in [0.5, 0.6) is 0 Å². The highest BCUT2D eigenvalue weighted by molar-refractivity contribution is 5.73. The van der Waals surface area contributed by atoms with Gasteiger partial charge in [-0.3, -0.25) is 4.79 Å². The fourth-order valence-corrected chi connectivity index (χ4v) is 5.55. The monoisotopic (exact) mass is 278 g/mol. The molecule has 0 saturated heterocycles. The van der Waals surface area contributed by atoms with Gasteiger partial charge in [0.1, 0.15) is 0 Å². The first kappa shape index (κ1) is 12.2. The predicted octanol–water partition coefficient (Wildman–Crippen LogP) is 1.36. The molecule has 4 bridgehead atoms. The van der Waals surface area contributed by atoms with Crippen molar-refractivity contribution in [1.29, 1.82) is 0 Å². The summed E-state index contributed by atoms with van der Waals surface area (Å²) in [6.07, 6.45) is 8.05. The zero-order valence-corrected chi connectivity index (χ0v) is 11.1. The average molecular weight is 278 g/mol. The minimum absolute atomic E-state index is 0.0393. The lowest BCUT2D eigenvalue weighted by molar-refractivity contribution is -0.550. The van der Waals surface area contributed by atoms with Gasteiger partial charge in [0.25, 0.3) is 0 Å².